The van der Waals surface area contributed by atoms with Crippen molar-refractivity contribution in [2.24, 2.45) is 5.92 Å². The fraction of sp³-hybridized carbons (Fsp3) is 0.355. The predicted octanol–water partition coefficient (Wildman–Crippen LogP) is 5.85. The van der Waals surface area contributed by atoms with Crippen LogP contribution in [0.5, 0.6) is 5.75 Å². The minimum Gasteiger partial charge on any atom is -0.494 e. The molecular weight excluding hydrogens is 594 g/mol. The third-order valence-electron chi connectivity index (χ3n) is 6.46. The van der Waals surface area contributed by atoms with Crippen LogP contribution in [0, 0.1) is 5.92 Å². The monoisotopic (exact) mass is 631 g/mol. The molecule has 3 rings (SSSR count). The smallest absolute Gasteiger partial charge is 0.264 e. The molecule has 0 fully saturated rings. The fourth-order valence-corrected chi connectivity index (χ4v) is 6.18. The zero-order chi connectivity index (χ0) is 30.9. The van der Waals surface area contributed by atoms with Gasteiger partial charge in [-0.25, -0.2) is 8.42 Å². The summed E-state index contributed by atoms with van der Waals surface area (Å²) < 4.78 is 34.6. The van der Waals surface area contributed by atoms with Crippen LogP contribution in [0.25, 0.3) is 0 Å². The summed E-state index contributed by atoms with van der Waals surface area (Å²) in [7, 11) is -4.17. The molecule has 8 nitrogen and oxygen atoms in total. The molecule has 0 spiro atoms. The average molecular weight is 632 g/mol. The number of benzene rings is 3. The number of rotatable bonds is 14. The zero-order valence-electron chi connectivity index (χ0n) is 24.5. The van der Waals surface area contributed by atoms with Gasteiger partial charge in [0.1, 0.15) is 18.3 Å². The predicted molar refractivity (Wildman–Crippen MR) is 170 cm³/mol. The third-order valence-corrected chi connectivity index (χ3v) is 9.22. The Balaban J connectivity index is 2.02. The first-order chi connectivity index (χ1) is 20.0. The van der Waals surface area contributed by atoms with Gasteiger partial charge in [0.15, 0.2) is 0 Å². The van der Waals surface area contributed by atoms with Crippen molar-refractivity contribution in [3.63, 3.8) is 0 Å². The van der Waals surface area contributed by atoms with Crippen molar-refractivity contribution in [3.05, 3.63) is 83.4 Å². The summed E-state index contributed by atoms with van der Waals surface area (Å²) in [6, 6.07) is 19.2. The largest absolute Gasteiger partial charge is 0.494 e. The van der Waals surface area contributed by atoms with Gasteiger partial charge >= 0.3 is 0 Å². The van der Waals surface area contributed by atoms with E-state index in [4.69, 9.17) is 16.3 Å². The zero-order valence-corrected chi connectivity index (χ0v) is 26.9. The molecule has 0 bridgehead atoms. The summed E-state index contributed by atoms with van der Waals surface area (Å²) in [4.78, 5) is 29.5. The van der Waals surface area contributed by atoms with Crippen molar-refractivity contribution >= 4 is 50.9 Å². The second-order valence-corrected chi connectivity index (χ2v) is 13.3. The van der Waals surface area contributed by atoms with Gasteiger partial charge in [0.25, 0.3) is 10.0 Å². The fourth-order valence-electron chi connectivity index (χ4n) is 4.15. The van der Waals surface area contributed by atoms with E-state index in [1.165, 1.54) is 28.8 Å². The lowest BCUT2D eigenvalue weighted by Crippen LogP contribution is -2.51. The van der Waals surface area contributed by atoms with Gasteiger partial charge in [0.05, 0.1) is 17.2 Å². The SMILES string of the molecule is CCOc1ccc(N(CC(=O)N(Cc2cccc(Cl)c2)[C@H](C)C(=O)NCC(C)C)S(=O)(=O)c2ccc(SC)cc2)cc1. The summed E-state index contributed by atoms with van der Waals surface area (Å²) in [5.74, 6) is -0.0779. The number of carbonyl (C=O) groups is 2. The highest BCUT2D eigenvalue weighted by Crippen LogP contribution is 2.28. The molecule has 42 heavy (non-hydrogen) atoms. The molecule has 0 aliphatic rings. The number of hydrogen-bond donors (Lipinski definition) is 1. The van der Waals surface area contributed by atoms with Gasteiger partial charge in [0.2, 0.25) is 11.8 Å². The number of thioether (sulfide) groups is 1. The number of nitrogens with one attached hydrogen (secondary N) is 1. The van der Waals surface area contributed by atoms with Crippen LogP contribution < -0.4 is 14.4 Å². The highest BCUT2D eigenvalue weighted by atomic mass is 35.5. The van der Waals surface area contributed by atoms with E-state index >= 15 is 0 Å². The first-order valence-electron chi connectivity index (χ1n) is 13.7. The number of ether oxygens (including phenoxy) is 1. The van der Waals surface area contributed by atoms with Crippen LogP contribution in [0.2, 0.25) is 5.02 Å². The van der Waals surface area contributed by atoms with Crippen molar-refractivity contribution in [1.82, 2.24) is 10.2 Å². The lowest BCUT2D eigenvalue weighted by molar-refractivity contribution is -0.139. The Kier molecular flexibility index (Phi) is 12.1. The van der Waals surface area contributed by atoms with Crippen LogP contribution in [0.1, 0.15) is 33.3 Å². The Morgan fingerprint density at radius 1 is 1.00 bits per heavy atom. The number of nitrogens with zero attached hydrogens (tertiary/aromatic N) is 2. The van der Waals surface area contributed by atoms with E-state index < -0.39 is 28.5 Å². The summed E-state index contributed by atoms with van der Waals surface area (Å²) >= 11 is 7.70. The molecule has 1 atom stereocenters. The van der Waals surface area contributed by atoms with E-state index in [1.807, 2.05) is 27.0 Å². The minimum absolute atomic E-state index is 0.0473. The van der Waals surface area contributed by atoms with Gasteiger partial charge in [0, 0.05) is 23.0 Å². The van der Waals surface area contributed by atoms with Crippen molar-refractivity contribution in [1.29, 1.82) is 0 Å². The normalized spacial score (nSPS) is 12.1. The minimum atomic E-state index is -4.17. The van der Waals surface area contributed by atoms with Crippen molar-refractivity contribution < 1.29 is 22.7 Å². The van der Waals surface area contributed by atoms with Gasteiger partial charge < -0.3 is 15.0 Å². The van der Waals surface area contributed by atoms with Crippen molar-refractivity contribution in [2.45, 2.75) is 50.1 Å². The molecule has 0 aliphatic heterocycles. The van der Waals surface area contributed by atoms with Crippen LogP contribution >= 0.6 is 23.4 Å². The van der Waals surface area contributed by atoms with Crippen LogP contribution in [-0.4, -0.2) is 57.1 Å². The molecule has 0 radical (unpaired) electrons. The number of halogens is 1. The maximum absolute atomic E-state index is 14.0. The summed E-state index contributed by atoms with van der Waals surface area (Å²) in [6.07, 6.45) is 1.90. The molecule has 0 aliphatic carbocycles. The van der Waals surface area contributed by atoms with Crippen LogP contribution in [0.15, 0.2) is 82.6 Å². The molecule has 0 heterocycles. The highest BCUT2D eigenvalue weighted by molar-refractivity contribution is 7.98. The van der Waals surface area contributed by atoms with E-state index in [-0.39, 0.29) is 23.3 Å². The second-order valence-electron chi connectivity index (χ2n) is 10.1. The number of sulfonamides is 1. The van der Waals surface area contributed by atoms with Crippen molar-refractivity contribution in [2.75, 3.05) is 30.3 Å². The van der Waals surface area contributed by atoms with Crippen LogP contribution in [-0.2, 0) is 26.2 Å². The average Bonchev–Trinajstić information content (AvgIpc) is 2.97. The Bertz CT molecular complexity index is 1450. The van der Waals surface area contributed by atoms with Gasteiger partial charge in [-0.3, -0.25) is 13.9 Å². The maximum Gasteiger partial charge on any atom is 0.264 e. The van der Waals surface area contributed by atoms with Crippen molar-refractivity contribution in [3.8, 4) is 5.75 Å². The first kappa shape index (κ1) is 33.3. The number of amides is 2. The third kappa shape index (κ3) is 8.89. The molecule has 0 unspecified atom stereocenters. The molecule has 1 N–H and O–H groups in total. The topological polar surface area (TPSA) is 96.0 Å². The van der Waals surface area contributed by atoms with E-state index in [1.54, 1.807) is 67.6 Å². The number of carbonyl (C=O) groups excluding carboxylic acids is 2. The molecule has 2 amide bonds. The Hall–Kier alpha value is -3.21. The van der Waals surface area contributed by atoms with E-state index in [2.05, 4.69) is 5.32 Å². The lowest BCUT2D eigenvalue weighted by Gasteiger charge is -2.32. The van der Waals surface area contributed by atoms with Gasteiger partial charge in [-0.15, -0.1) is 11.8 Å². The molecule has 3 aromatic rings. The van der Waals surface area contributed by atoms with E-state index in [0.717, 1.165) is 9.20 Å². The quantitative estimate of drug-likeness (QED) is 0.225. The Morgan fingerprint density at radius 2 is 1.67 bits per heavy atom. The second kappa shape index (κ2) is 15.3. The molecule has 0 saturated heterocycles. The van der Waals surface area contributed by atoms with Gasteiger partial charge in [-0.2, -0.15) is 0 Å². The molecule has 0 saturated carbocycles. The summed E-state index contributed by atoms with van der Waals surface area (Å²) in [6.45, 7) is 7.88. The first-order valence-corrected chi connectivity index (χ1v) is 16.7. The molecule has 3 aromatic carbocycles. The number of anilines is 1. The molecule has 226 valence electrons. The molecule has 0 aromatic heterocycles. The lowest BCUT2D eigenvalue weighted by atomic mass is 10.1. The van der Waals surface area contributed by atoms with E-state index in [0.29, 0.717) is 35.2 Å². The highest BCUT2D eigenvalue weighted by Gasteiger charge is 2.32. The molecule has 11 heteroatoms. The Morgan fingerprint density at radius 3 is 2.24 bits per heavy atom. The maximum atomic E-state index is 14.0. The molecular formula is C31H38ClN3O5S2. The Labute approximate surface area is 258 Å². The van der Waals surface area contributed by atoms with E-state index in [9.17, 15) is 18.0 Å². The summed E-state index contributed by atoms with van der Waals surface area (Å²) in [5.41, 5.74) is 1.00. The number of hydrogen-bond acceptors (Lipinski definition) is 6. The summed E-state index contributed by atoms with van der Waals surface area (Å²) in [5, 5.41) is 3.37. The standard InChI is InChI=1S/C31H38ClN3O5S2/c1-6-40-27-12-10-26(11-13-27)35(42(38,39)29-16-14-28(41-5)15-17-29)21-30(36)34(20-24-8-7-9-25(32)18-24)23(4)31(37)33-19-22(2)3/h7-18,22-23H,6,19-21H2,1-5H3,(H,33,37)/t23-/m1/s1. The van der Waals surface area contributed by atoms with Crippen LogP contribution in [0.3, 0.4) is 0 Å². The van der Waals surface area contributed by atoms with Gasteiger partial charge in [-0.05, 0) is 92.2 Å². The van der Waals surface area contributed by atoms with Crippen LogP contribution in [0.4, 0.5) is 5.69 Å². The van der Waals surface area contributed by atoms with Gasteiger partial charge in [-0.1, -0.05) is 37.6 Å².